The molecule has 0 spiro atoms. The van der Waals surface area contributed by atoms with E-state index in [-0.39, 0.29) is 18.9 Å². The fraction of sp³-hybridized carbons (Fsp3) is 0.370. The van der Waals surface area contributed by atoms with Gasteiger partial charge in [-0.3, -0.25) is 4.68 Å². The zero-order valence-corrected chi connectivity index (χ0v) is 21.1. The molecule has 1 heterocycles. The number of hydrogen-bond donors (Lipinski definition) is 2. The molecule has 3 aromatic rings. The highest BCUT2D eigenvalue weighted by Crippen LogP contribution is 2.28. The number of amides is 1. The summed E-state index contributed by atoms with van der Waals surface area (Å²) < 4.78 is 17.2. The summed E-state index contributed by atoms with van der Waals surface area (Å²) in [5.41, 5.74) is 2.04. The number of alkyl carbamates (subject to hydrolysis) is 1. The molecule has 0 bridgehead atoms. The van der Waals surface area contributed by atoms with Crippen LogP contribution in [0.15, 0.2) is 48.5 Å². The Morgan fingerprint density at radius 2 is 1.72 bits per heavy atom. The molecule has 9 heteroatoms. The SMILES string of the molecule is CCOC(=O)c1c(CCCNC(=O)OC(C)(C)C)c2cc(C(=O)OCc3ccccc3)ccc2n1N. The lowest BCUT2D eigenvalue weighted by molar-refractivity contribution is 0.0470. The number of aryl methyl sites for hydroxylation is 1. The van der Waals surface area contributed by atoms with Crippen LogP contribution in [0.5, 0.6) is 0 Å². The number of nitrogen functional groups attached to an aromatic ring is 1. The number of nitrogens with two attached hydrogens (primary N) is 1. The van der Waals surface area contributed by atoms with Gasteiger partial charge in [-0.1, -0.05) is 30.3 Å². The van der Waals surface area contributed by atoms with Crippen molar-refractivity contribution in [2.24, 2.45) is 0 Å². The summed E-state index contributed by atoms with van der Waals surface area (Å²) in [5.74, 6) is 5.22. The van der Waals surface area contributed by atoms with Gasteiger partial charge in [-0.05, 0) is 69.9 Å². The van der Waals surface area contributed by atoms with Crippen LogP contribution in [0.2, 0.25) is 0 Å². The van der Waals surface area contributed by atoms with Crippen LogP contribution >= 0.6 is 0 Å². The van der Waals surface area contributed by atoms with Crippen LogP contribution in [0, 0.1) is 0 Å². The maximum atomic E-state index is 12.7. The zero-order valence-electron chi connectivity index (χ0n) is 21.1. The lowest BCUT2D eigenvalue weighted by Crippen LogP contribution is -2.33. The van der Waals surface area contributed by atoms with Gasteiger partial charge in [0.05, 0.1) is 17.7 Å². The van der Waals surface area contributed by atoms with E-state index < -0.39 is 23.6 Å². The average molecular weight is 496 g/mol. The van der Waals surface area contributed by atoms with E-state index in [9.17, 15) is 14.4 Å². The van der Waals surface area contributed by atoms with Crippen LogP contribution < -0.4 is 11.2 Å². The minimum atomic E-state index is -0.598. The number of benzene rings is 2. The number of hydrogen-bond acceptors (Lipinski definition) is 7. The van der Waals surface area contributed by atoms with E-state index in [1.807, 2.05) is 30.3 Å². The monoisotopic (exact) mass is 495 g/mol. The fourth-order valence-corrected chi connectivity index (χ4v) is 3.76. The van der Waals surface area contributed by atoms with Crippen LogP contribution in [0.4, 0.5) is 4.79 Å². The number of carbonyl (C=O) groups is 3. The molecule has 0 aliphatic carbocycles. The van der Waals surface area contributed by atoms with Crippen LogP contribution in [0.3, 0.4) is 0 Å². The van der Waals surface area contributed by atoms with E-state index >= 15 is 0 Å². The molecule has 0 aliphatic heterocycles. The first-order valence-electron chi connectivity index (χ1n) is 11.9. The fourth-order valence-electron chi connectivity index (χ4n) is 3.76. The Morgan fingerprint density at radius 3 is 2.39 bits per heavy atom. The molecule has 36 heavy (non-hydrogen) atoms. The second-order valence-corrected chi connectivity index (χ2v) is 9.24. The van der Waals surface area contributed by atoms with Gasteiger partial charge in [-0.25, -0.2) is 14.4 Å². The summed E-state index contributed by atoms with van der Waals surface area (Å²) in [5, 5.41) is 3.36. The van der Waals surface area contributed by atoms with Gasteiger partial charge in [-0.15, -0.1) is 0 Å². The van der Waals surface area contributed by atoms with E-state index in [1.54, 1.807) is 45.9 Å². The Morgan fingerprint density at radius 1 is 1.00 bits per heavy atom. The van der Waals surface area contributed by atoms with Gasteiger partial charge in [0, 0.05) is 11.9 Å². The van der Waals surface area contributed by atoms with Crippen molar-refractivity contribution in [2.75, 3.05) is 19.0 Å². The molecule has 1 aromatic heterocycles. The van der Waals surface area contributed by atoms with Crippen molar-refractivity contribution in [2.45, 2.75) is 52.7 Å². The third-order valence-electron chi connectivity index (χ3n) is 5.30. The Hall–Kier alpha value is -4.01. The summed E-state index contributed by atoms with van der Waals surface area (Å²) in [6.45, 7) is 7.74. The summed E-state index contributed by atoms with van der Waals surface area (Å²) in [6, 6.07) is 14.4. The lowest BCUT2D eigenvalue weighted by atomic mass is 10.0. The molecule has 3 rings (SSSR count). The van der Waals surface area contributed by atoms with E-state index in [4.69, 9.17) is 20.1 Å². The molecule has 9 nitrogen and oxygen atoms in total. The first-order chi connectivity index (χ1) is 17.1. The third kappa shape index (κ3) is 6.78. The maximum Gasteiger partial charge on any atom is 0.407 e. The number of aromatic nitrogens is 1. The molecule has 0 aliphatic rings. The Kier molecular flexibility index (Phi) is 8.58. The van der Waals surface area contributed by atoms with Gasteiger partial charge >= 0.3 is 18.0 Å². The van der Waals surface area contributed by atoms with E-state index in [1.165, 1.54) is 4.68 Å². The van der Waals surface area contributed by atoms with Gasteiger partial charge in [0.2, 0.25) is 0 Å². The van der Waals surface area contributed by atoms with Crippen molar-refractivity contribution in [3.8, 4) is 0 Å². The minimum Gasteiger partial charge on any atom is -0.461 e. The molecule has 0 unspecified atom stereocenters. The molecule has 1 amide bonds. The largest absolute Gasteiger partial charge is 0.461 e. The maximum absolute atomic E-state index is 12.7. The summed E-state index contributed by atoms with van der Waals surface area (Å²) in [6.07, 6.45) is 0.401. The summed E-state index contributed by atoms with van der Waals surface area (Å²) in [7, 11) is 0. The van der Waals surface area contributed by atoms with Crippen LogP contribution in [-0.4, -0.2) is 41.5 Å². The predicted octanol–water partition coefficient (Wildman–Crippen LogP) is 4.35. The molecular formula is C27H33N3O6. The van der Waals surface area contributed by atoms with Crippen molar-refractivity contribution >= 4 is 28.9 Å². The second kappa shape index (κ2) is 11.6. The van der Waals surface area contributed by atoms with Gasteiger partial charge in [-0.2, -0.15) is 0 Å². The number of nitrogens with one attached hydrogen (secondary N) is 1. The van der Waals surface area contributed by atoms with E-state index in [2.05, 4.69) is 5.32 Å². The Balaban J connectivity index is 1.82. The normalized spacial score (nSPS) is 11.2. The Bertz CT molecular complexity index is 1230. The first kappa shape index (κ1) is 26.6. The third-order valence-corrected chi connectivity index (χ3v) is 5.30. The molecule has 0 fully saturated rings. The highest BCUT2D eigenvalue weighted by atomic mass is 16.6. The van der Waals surface area contributed by atoms with Gasteiger partial charge in [0.25, 0.3) is 0 Å². The predicted molar refractivity (Wildman–Crippen MR) is 136 cm³/mol. The molecule has 192 valence electrons. The Labute approximate surface area is 210 Å². The van der Waals surface area contributed by atoms with E-state index in [0.29, 0.717) is 41.4 Å². The number of fused-ring (bicyclic) bond motifs is 1. The first-order valence-corrected chi connectivity index (χ1v) is 11.9. The van der Waals surface area contributed by atoms with Crippen LogP contribution in [-0.2, 0) is 27.2 Å². The summed E-state index contributed by atoms with van der Waals surface area (Å²) >= 11 is 0. The molecule has 0 radical (unpaired) electrons. The zero-order chi connectivity index (χ0) is 26.3. The molecule has 0 saturated carbocycles. The van der Waals surface area contributed by atoms with Crippen molar-refractivity contribution < 1.29 is 28.6 Å². The van der Waals surface area contributed by atoms with Crippen molar-refractivity contribution in [3.05, 3.63) is 70.9 Å². The molecular weight excluding hydrogens is 462 g/mol. The van der Waals surface area contributed by atoms with Crippen LogP contribution in [0.25, 0.3) is 10.9 Å². The topological polar surface area (TPSA) is 122 Å². The van der Waals surface area contributed by atoms with Crippen LogP contribution in [0.1, 0.15) is 66.1 Å². The van der Waals surface area contributed by atoms with Gasteiger partial charge < -0.3 is 25.4 Å². The van der Waals surface area contributed by atoms with Crippen molar-refractivity contribution in [3.63, 3.8) is 0 Å². The van der Waals surface area contributed by atoms with Gasteiger partial charge in [0.1, 0.15) is 12.2 Å². The highest BCUT2D eigenvalue weighted by molar-refractivity contribution is 6.02. The van der Waals surface area contributed by atoms with Crippen molar-refractivity contribution in [1.29, 1.82) is 0 Å². The average Bonchev–Trinajstić information content (AvgIpc) is 3.11. The van der Waals surface area contributed by atoms with Crippen molar-refractivity contribution in [1.82, 2.24) is 9.99 Å². The molecule has 2 aromatic carbocycles. The minimum absolute atomic E-state index is 0.146. The highest BCUT2D eigenvalue weighted by Gasteiger charge is 2.24. The van der Waals surface area contributed by atoms with E-state index in [0.717, 1.165) is 5.56 Å². The quantitative estimate of drug-likeness (QED) is 0.196. The number of carbonyl (C=O) groups excluding carboxylic acids is 3. The lowest BCUT2D eigenvalue weighted by Gasteiger charge is -2.19. The number of ether oxygens (including phenoxy) is 3. The number of nitrogens with zero attached hydrogens (tertiary/aromatic N) is 1. The molecule has 3 N–H and O–H groups in total. The number of rotatable bonds is 9. The second-order valence-electron chi connectivity index (χ2n) is 9.24. The number of esters is 2. The van der Waals surface area contributed by atoms with Gasteiger partial charge in [0.15, 0.2) is 5.69 Å². The standard InChI is InChI=1S/C27H33N3O6/c1-5-34-25(32)23-20(12-9-15-29-26(33)36-27(2,3)4)21-16-19(13-14-22(21)30(23)28)24(31)35-17-18-10-7-6-8-11-18/h6-8,10-11,13-14,16H,5,9,12,15,17,28H2,1-4H3,(H,29,33). The summed E-state index contributed by atoms with van der Waals surface area (Å²) in [4.78, 5) is 37.4. The molecule has 0 saturated heterocycles. The molecule has 0 atom stereocenters. The smallest absolute Gasteiger partial charge is 0.407 e.